The van der Waals surface area contributed by atoms with Crippen LogP contribution in [0.25, 0.3) is 0 Å². The fraction of sp³-hybridized carbons (Fsp3) is 0.615. The number of amides is 1. The molecule has 0 aliphatic carbocycles. The molecule has 1 aliphatic heterocycles. The third kappa shape index (κ3) is 2.65. The fourth-order valence-corrected chi connectivity index (χ4v) is 2.55. The molecule has 2 rings (SSSR count). The van der Waals surface area contributed by atoms with Crippen LogP contribution in [0.15, 0.2) is 10.5 Å². The lowest BCUT2D eigenvalue weighted by Crippen LogP contribution is -2.38. The number of piperidine rings is 1. The predicted octanol–water partition coefficient (Wildman–Crippen LogP) is 3.20. The Morgan fingerprint density at radius 1 is 1.65 bits per heavy atom. The SMILES string of the molecule is Cc1oc(C(=O)N2CCCC(C)C2)cc1CCl. The first-order chi connectivity index (χ1) is 8.11. The first-order valence-electron chi connectivity index (χ1n) is 6.06. The summed E-state index contributed by atoms with van der Waals surface area (Å²) in [4.78, 5) is 14.1. The second kappa shape index (κ2) is 5.13. The van der Waals surface area contributed by atoms with Gasteiger partial charge in [0.1, 0.15) is 5.76 Å². The number of likely N-dealkylation sites (tertiary alicyclic amines) is 1. The minimum Gasteiger partial charge on any atom is -0.456 e. The van der Waals surface area contributed by atoms with Crippen molar-refractivity contribution in [2.75, 3.05) is 13.1 Å². The number of hydrogen-bond donors (Lipinski definition) is 0. The average Bonchev–Trinajstić information content (AvgIpc) is 2.69. The molecule has 0 aromatic carbocycles. The Morgan fingerprint density at radius 3 is 3.00 bits per heavy atom. The van der Waals surface area contributed by atoms with E-state index in [4.69, 9.17) is 16.0 Å². The van der Waals surface area contributed by atoms with Crippen LogP contribution in [-0.2, 0) is 5.88 Å². The third-order valence-electron chi connectivity index (χ3n) is 3.32. The summed E-state index contributed by atoms with van der Waals surface area (Å²) in [6.45, 7) is 5.68. The fourth-order valence-electron chi connectivity index (χ4n) is 2.29. The van der Waals surface area contributed by atoms with Crippen LogP contribution in [-0.4, -0.2) is 23.9 Å². The number of hydrogen-bond acceptors (Lipinski definition) is 2. The summed E-state index contributed by atoms with van der Waals surface area (Å²) in [6.07, 6.45) is 2.28. The second-order valence-electron chi connectivity index (χ2n) is 4.82. The predicted molar refractivity (Wildman–Crippen MR) is 67.3 cm³/mol. The molecule has 17 heavy (non-hydrogen) atoms. The van der Waals surface area contributed by atoms with Gasteiger partial charge in [0, 0.05) is 18.7 Å². The number of carbonyl (C=O) groups excluding carboxylic acids is 1. The van der Waals surface area contributed by atoms with E-state index in [-0.39, 0.29) is 5.91 Å². The standard InChI is InChI=1S/C13H18ClNO2/c1-9-4-3-5-15(8-9)13(16)12-6-11(7-14)10(2)17-12/h6,9H,3-5,7-8H2,1-2H3. The van der Waals surface area contributed by atoms with Gasteiger partial charge in [-0.15, -0.1) is 11.6 Å². The van der Waals surface area contributed by atoms with Crippen molar-refractivity contribution in [3.63, 3.8) is 0 Å². The second-order valence-corrected chi connectivity index (χ2v) is 5.09. The Balaban J connectivity index is 2.13. The highest BCUT2D eigenvalue weighted by Crippen LogP contribution is 2.21. The minimum atomic E-state index is -0.00369. The van der Waals surface area contributed by atoms with Crippen LogP contribution >= 0.6 is 11.6 Å². The molecule has 1 atom stereocenters. The molecule has 0 N–H and O–H groups in total. The molecule has 4 heteroatoms. The molecule has 2 heterocycles. The van der Waals surface area contributed by atoms with E-state index in [2.05, 4.69) is 6.92 Å². The lowest BCUT2D eigenvalue weighted by Gasteiger charge is -2.30. The number of rotatable bonds is 2. The van der Waals surface area contributed by atoms with Gasteiger partial charge in [-0.1, -0.05) is 6.92 Å². The number of aryl methyl sites for hydroxylation is 1. The molecule has 0 spiro atoms. The molecule has 0 bridgehead atoms. The summed E-state index contributed by atoms with van der Waals surface area (Å²) < 4.78 is 5.48. The van der Waals surface area contributed by atoms with Crippen molar-refractivity contribution < 1.29 is 9.21 Å². The highest BCUT2D eigenvalue weighted by Gasteiger charge is 2.24. The summed E-state index contributed by atoms with van der Waals surface area (Å²) in [5.74, 6) is 2.13. The molecule has 1 aromatic rings. The maximum atomic E-state index is 12.2. The topological polar surface area (TPSA) is 33.5 Å². The van der Waals surface area contributed by atoms with Gasteiger partial charge in [0.25, 0.3) is 5.91 Å². The van der Waals surface area contributed by atoms with Crippen LogP contribution in [0.3, 0.4) is 0 Å². The van der Waals surface area contributed by atoms with Gasteiger partial charge in [-0.3, -0.25) is 4.79 Å². The van der Waals surface area contributed by atoms with Gasteiger partial charge in [-0.2, -0.15) is 0 Å². The molecule has 1 fully saturated rings. The van der Waals surface area contributed by atoms with E-state index in [0.717, 1.165) is 30.8 Å². The highest BCUT2D eigenvalue weighted by molar-refractivity contribution is 6.17. The van der Waals surface area contributed by atoms with Crippen molar-refractivity contribution in [3.05, 3.63) is 23.2 Å². The minimum absolute atomic E-state index is 0.00369. The largest absolute Gasteiger partial charge is 0.456 e. The molecular formula is C13H18ClNO2. The van der Waals surface area contributed by atoms with Gasteiger partial charge in [0.15, 0.2) is 5.76 Å². The molecule has 94 valence electrons. The Labute approximate surface area is 107 Å². The number of alkyl halides is 1. The van der Waals surface area contributed by atoms with Crippen LogP contribution in [0.4, 0.5) is 0 Å². The van der Waals surface area contributed by atoms with E-state index in [9.17, 15) is 4.79 Å². The van der Waals surface area contributed by atoms with Gasteiger partial charge < -0.3 is 9.32 Å². The summed E-state index contributed by atoms with van der Waals surface area (Å²) in [6, 6.07) is 1.77. The smallest absolute Gasteiger partial charge is 0.289 e. The van der Waals surface area contributed by atoms with Crippen molar-refractivity contribution in [2.45, 2.75) is 32.6 Å². The molecule has 1 saturated heterocycles. The first-order valence-corrected chi connectivity index (χ1v) is 6.59. The molecule has 1 aliphatic rings. The van der Waals surface area contributed by atoms with Crippen LogP contribution in [0, 0.1) is 12.8 Å². The van der Waals surface area contributed by atoms with Crippen LogP contribution in [0.5, 0.6) is 0 Å². The zero-order chi connectivity index (χ0) is 12.4. The number of halogens is 1. The van der Waals surface area contributed by atoms with Crippen LogP contribution in [0.2, 0.25) is 0 Å². The van der Waals surface area contributed by atoms with E-state index in [1.54, 1.807) is 6.07 Å². The van der Waals surface area contributed by atoms with Gasteiger partial charge in [-0.25, -0.2) is 0 Å². The maximum absolute atomic E-state index is 12.2. The van der Waals surface area contributed by atoms with Crippen LogP contribution in [0.1, 0.15) is 41.6 Å². The monoisotopic (exact) mass is 255 g/mol. The molecule has 0 radical (unpaired) electrons. The lowest BCUT2D eigenvalue weighted by atomic mass is 10.0. The first kappa shape index (κ1) is 12.5. The van der Waals surface area contributed by atoms with E-state index in [0.29, 0.717) is 17.6 Å². The van der Waals surface area contributed by atoms with Gasteiger partial charge in [-0.05, 0) is 31.7 Å². The summed E-state index contributed by atoms with van der Waals surface area (Å²) in [5, 5.41) is 0. The van der Waals surface area contributed by atoms with E-state index in [1.165, 1.54) is 6.42 Å². The van der Waals surface area contributed by atoms with Crippen molar-refractivity contribution in [2.24, 2.45) is 5.92 Å². The number of nitrogens with zero attached hydrogens (tertiary/aromatic N) is 1. The van der Waals surface area contributed by atoms with Crippen molar-refractivity contribution in [1.29, 1.82) is 0 Å². The summed E-state index contributed by atoms with van der Waals surface area (Å²) >= 11 is 5.77. The van der Waals surface area contributed by atoms with Gasteiger partial charge >= 0.3 is 0 Å². The van der Waals surface area contributed by atoms with E-state index >= 15 is 0 Å². The number of furan rings is 1. The summed E-state index contributed by atoms with van der Waals surface area (Å²) in [5.41, 5.74) is 0.903. The Hall–Kier alpha value is -0.960. The Kier molecular flexibility index (Phi) is 3.77. The van der Waals surface area contributed by atoms with Crippen molar-refractivity contribution in [3.8, 4) is 0 Å². The maximum Gasteiger partial charge on any atom is 0.289 e. The molecule has 1 amide bonds. The lowest BCUT2D eigenvalue weighted by molar-refractivity contribution is 0.0649. The quantitative estimate of drug-likeness (QED) is 0.761. The number of carbonyl (C=O) groups is 1. The summed E-state index contributed by atoms with van der Waals surface area (Å²) in [7, 11) is 0. The van der Waals surface area contributed by atoms with Crippen molar-refractivity contribution >= 4 is 17.5 Å². The molecular weight excluding hydrogens is 238 g/mol. The zero-order valence-electron chi connectivity index (χ0n) is 10.3. The molecule has 1 aromatic heterocycles. The zero-order valence-corrected chi connectivity index (χ0v) is 11.1. The normalized spacial score (nSPS) is 20.6. The average molecular weight is 256 g/mol. The Morgan fingerprint density at radius 2 is 2.41 bits per heavy atom. The van der Waals surface area contributed by atoms with Gasteiger partial charge in [0.05, 0.1) is 5.88 Å². The Bertz CT molecular complexity index is 414. The van der Waals surface area contributed by atoms with E-state index in [1.807, 2.05) is 11.8 Å². The molecule has 1 unspecified atom stereocenters. The van der Waals surface area contributed by atoms with Crippen molar-refractivity contribution in [1.82, 2.24) is 4.90 Å². The molecule has 0 saturated carbocycles. The van der Waals surface area contributed by atoms with Crippen LogP contribution < -0.4 is 0 Å². The molecule has 3 nitrogen and oxygen atoms in total. The highest BCUT2D eigenvalue weighted by atomic mass is 35.5. The third-order valence-corrected chi connectivity index (χ3v) is 3.61. The van der Waals surface area contributed by atoms with Gasteiger partial charge in [0.2, 0.25) is 0 Å². The van der Waals surface area contributed by atoms with E-state index < -0.39 is 0 Å².